The van der Waals surface area contributed by atoms with Crippen LogP contribution in [0.3, 0.4) is 0 Å². The molecule has 0 aromatic heterocycles. The van der Waals surface area contributed by atoms with Crippen LogP contribution in [0.25, 0.3) is 0 Å². The van der Waals surface area contributed by atoms with Gasteiger partial charge < -0.3 is 9.47 Å². The van der Waals surface area contributed by atoms with Crippen molar-refractivity contribution in [1.82, 2.24) is 0 Å². The van der Waals surface area contributed by atoms with Crippen molar-refractivity contribution in [3.05, 3.63) is 0 Å². The van der Waals surface area contributed by atoms with Crippen molar-refractivity contribution in [3.63, 3.8) is 0 Å². The first kappa shape index (κ1) is 14.9. The quantitative estimate of drug-likeness (QED) is 0.577. The van der Waals surface area contributed by atoms with Crippen LogP contribution in [0.5, 0.6) is 0 Å². The number of carbonyl (C=O) groups is 2. The van der Waals surface area contributed by atoms with Crippen molar-refractivity contribution < 1.29 is 19.1 Å². The highest BCUT2D eigenvalue weighted by Crippen LogP contribution is 2.48. The van der Waals surface area contributed by atoms with Crippen LogP contribution in [0.2, 0.25) is 0 Å². The molecule has 1 saturated heterocycles. The van der Waals surface area contributed by atoms with Gasteiger partial charge in [-0.15, -0.1) is 0 Å². The molecule has 21 heavy (non-hydrogen) atoms. The van der Waals surface area contributed by atoms with Gasteiger partial charge in [-0.3, -0.25) is 9.59 Å². The molecule has 1 aliphatic heterocycles. The van der Waals surface area contributed by atoms with E-state index in [1.54, 1.807) is 6.92 Å². The van der Waals surface area contributed by atoms with E-state index < -0.39 is 11.7 Å². The van der Waals surface area contributed by atoms with Gasteiger partial charge in [0.2, 0.25) is 0 Å². The van der Waals surface area contributed by atoms with E-state index in [9.17, 15) is 9.59 Å². The molecule has 3 fully saturated rings. The van der Waals surface area contributed by atoms with Crippen LogP contribution in [0, 0.1) is 17.8 Å². The fourth-order valence-corrected chi connectivity index (χ4v) is 4.28. The topological polar surface area (TPSA) is 52.6 Å². The van der Waals surface area contributed by atoms with Crippen molar-refractivity contribution in [2.45, 2.75) is 76.9 Å². The maximum absolute atomic E-state index is 12.2. The molecular weight excluding hydrogens is 268 g/mol. The standard InChI is InChI=1S/C17H26O4/c1-12-15(18)20-17(21-16(12)19,13-8-4-2-5-9-13)14-10-6-3-7-11-14/h12-14H,2-11H2,1H3. The average Bonchev–Trinajstić information content (AvgIpc) is 2.54. The Morgan fingerprint density at radius 2 is 1.14 bits per heavy atom. The third kappa shape index (κ3) is 2.69. The van der Waals surface area contributed by atoms with Crippen molar-refractivity contribution in [2.24, 2.45) is 17.8 Å². The second-order valence-corrected chi connectivity index (χ2v) is 6.96. The molecule has 0 aromatic carbocycles. The maximum atomic E-state index is 12.2. The van der Waals surface area contributed by atoms with Crippen LogP contribution in [0.1, 0.15) is 71.1 Å². The van der Waals surface area contributed by atoms with Gasteiger partial charge in [-0.25, -0.2) is 0 Å². The lowest BCUT2D eigenvalue weighted by Gasteiger charge is -2.49. The summed E-state index contributed by atoms with van der Waals surface area (Å²) in [5, 5.41) is 0. The molecule has 1 heterocycles. The first-order chi connectivity index (χ1) is 10.1. The number of rotatable bonds is 2. The normalized spacial score (nSPS) is 29.0. The van der Waals surface area contributed by atoms with Gasteiger partial charge in [0.05, 0.1) is 0 Å². The van der Waals surface area contributed by atoms with Gasteiger partial charge in [-0.05, 0) is 32.6 Å². The van der Waals surface area contributed by atoms with Gasteiger partial charge in [-0.1, -0.05) is 38.5 Å². The van der Waals surface area contributed by atoms with Crippen LogP contribution >= 0.6 is 0 Å². The summed E-state index contributed by atoms with van der Waals surface area (Å²) in [7, 11) is 0. The van der Waals surface area contributed by atoms with Crippen LogP contribution in [-0.2, 0) is 19.1 Å². The highest BCUT2D eigenvalue weighted by molar-refractivity contribution is 5.96. The molecule has 3 rings (SSSR count). The largest absolute Gasteiger partial charge is 0.421 e. The van der Waals surface area contributed by atoms with E-state index in [1.165, 1.54) is 12.8 Å². The molecule has 3 aliphatic rings. The Bertz CT molecular complexity index is 367. The van der Waals surface area contributed by atoms with Crippen molar-refractivity contribution in [2.75, 3.05) is 0 Å². The minimum absolute atomic E-state index is 0.190. The number of cyclic esters (lactones) is 2. The third-order valence-electron chi connectivity index (χ3n) is 5.58. The summed E-state index contributed by atoms with van der Waals surface area (Å²) in [4.78, 5) is 24.4. The highest BCUT2D eigenvalue weighted by Gasteiger charge is 2.56. The Kier molecular flexibility index (Phi) is 4.23. The summed E-state index contributed by atoms with van der Waals surface area (Å²) in [5.74, 6) is -2.12. The van der Waals surface area contributed by atoms with E-state index in [2.05, 4.69) is 0 Å². The first-order valence-electron chi connectivity index (χ1n) is 8.59. The molecule has 2 aliphatic carbocycles. The highest BCUT2D eigenvalue weighted by atomic mass is 16.7. The van der Waals surface area contributed by atoms with Crippen molar-refractivity contribution in [3.8, 4) is 0 Å². The molecule has 0 spiro atoms. The maximum Gasteiger partial charge on any atom is 0.323 e. The van der Waals surface area contributed by atoms with Gasteiger partial charge >= 0.3 is 11.9 Å². The lowest BCUT2D eigenvalue weighted by atomic mass is 9.72. The van der Waals surface area contributed by atoms with E-state index in [4.69, 9.17) is 9.47 Å². The van der Waals surface area contributed by atoms with E-state index >= 15 is 0 Å². The van der Waals surface area contributed by atoms with E-state index in [-0.39, 0.29) is 23.8 Å². The Morgan fingerprint density at radius 3 is 1.52 bits per heavy atom. The van der Waals surface area contributed by atoms with Gasteiger partial charge in [0.1, 0.15) is 0 Å². The number of hydrogen-bond donors (Lipinski definition) is 0. The zero-order valence-corrected chi connectivity index (χ0v) is 12.9. The first-order valence-corrected chi connectivity index (χ1v) is 8.59. The lowest BCUT2D eigenvalue weighted by molar-refractivity contribution is -0.295. The fourth-order valence-electron chi connectivity index (χ4n) is 4.28. The molecule has 118 valence electrons. The predicted octanol–water partition coefficient (Wildman–Crippen LogP) is 3.58. The lowest BCUT2D eigenvalue weighted by Crippen LogP contribution is -2.58. The molecule has 0 atom stereocenters. The van der Waals surface area contributed by atoms with Crippen LogP contribution in [0.15, 0.2) is 0 Å². The second kappa shape index (κ2) is 5.98. The Morgan fingerprint density at radius 1 is 0.762 bits per heavy atom. The van der Waals surface area contributed by atoms with E-state index in [0.717, 1.165) is 51.4 Å². The summed E-state index contributed by atoms with van der Waals surface area (Å²) in [5.41, 5.74) is 0. The van der Waals surface area contributed by atoms with Gasteiger partial charge in [0.25, 0.3) is 5.79 Å². The zero-order valence-electron chi connectivity index (χ0n) is 12.9. The molecule has 0 aromatic rings. The Balaban J connectivity index is 1.89. The second-order valence-electron chi connectivity index (χ2n) is 6.96. The fraction of sp³-hybridized carbons (Fsp3) is 0.882. The number of carbonyl (C=O) groups excluding carboxylic acids is 2. The summed E-state index contributed by atoms with van der Waals surface area (Å²) in [6.45, 7) is 1.58. The van der Waals surface area contributed by atoms with Gasteiger partial charge in [0, 0.05) is 11.8 Å². The molecule has 2 saturated carbocycles. The van der Waals surface area contributed by atoms with E-state index in [1.807, 2.05) is 0 Å². The summed E-state index contributed by atoms with van der Waals surface area (Å²) in [6, 6.07) is 0. The molecule has 0 unspecified atom stereocenters. The Labute approximate surface area is 126 Å². The van der Waals surface area contributed by atoms with Gasteiger partial charge in [-0.2, -0.15) is 0 Å². The molecule has 0 amide bonds. The smallest absolute Gasteiger partial charge is 0.323 e. The van der Waals surface area contributed by atoms with Crippen molar-refractivity contribution >= 4 is 11.9 Å². The predicted molar refractivity (Wildman–Crippen MR) is 77.2 cm³/mol. The molecule has 0 bridgehead atoms. The average molecular weight is 294 g/mol. The van der Waals surface area contributed by atoms with Gasteiger partial charge in [0.15, 0.2) is 5.92 Å². The third-order valence-corrected chi connectivity index (χ3v) is 5.58. The molecule has 4 heteroatoms. The minimum atomic E-state index is -0.957. The SMILES string of the molecule is CC1C(=O)OC(C2CCCCC2)(C2CCCCC2)OC1=O. The summed E-state index contributed by atoms with van der Waals surface area (Å²) in [6.07, 6.45) is 11.1. The Hall–Kier alpha value is -1.06. The number of esters is 2. The molecule has 0 radical (unpaired) electrons. The summed E-state index contributed by atoms with van der Waals surface area (Å²) >= 11 is 0. The summed E-state index contributed by atoms with van der Waals surface area (Å²) < 4.78 is 11.7. The molecule has 4 nitrogen and oxygen atoms in total. The monoisotopic (exact) mass is 294 g/mol. The van der Waals surface area contributed by atoms with Crippen molar-refractivity contribution in [1.29, 1.82) is 0 Å². The number of ether oxygens (including phenoxy) is 2. The van der Waals surface area contributed by atoms with Crippen LogP contribution < -0.4 is 0 Å². The van der Waals surface area contributed by atoms with E-state index in [0.29, 0.717) is 0 Å². The molecule has 0 N–H and O–H groups in total. The molecular formula is C17H26O4. The minimum Gasteiger partial charge on any atom is -0.421 e. The van der Waals surface area contributed by atoms with Crippen LogP contribution in [-0.4, -0.2) is 17.7 Å². The zero-order chi connectivity index (χ0) is 14.9. The van der Waals surface area contributed by atoms with Crippen LogP contribution in [0.4, 0.5) is 0 Å². The number of hydrogen-bond acceptors (Lipinski definition) is 4.